The first-order chi connectivity index (χ1) is 10.8. The van der Waals surface area contributed by atoms with Crippen molar-refractivity contribution >= 4 is 15.7 Å². The van der Waals surface area contributed by atoms with Crippen molar-refractivity contribution in [1.29, 1.82) is 0 Å². The number of anilines is 1. The van der Waals surface area contributed by atoms with Crippen molar-refractivity contribution in [3.8, 4) is 11.5 Å². The van der Waals surface area contributed by atoms with Crippen molar-refractivity contribution < 1.29 is 17.9 Å². The Kier molecular flexibility index (Phi) is 5.15. The molecule has 2 rings (SSSR count). The van der Waals surface area contributed by atoms with E-state index in [2.05, 4.69) is 4.72 Å². The van der Waals surface area contributed by atoms with Gasteiger partial charge in [-0.05, 0) is 68.8 Å². The zero-order chi connectivity index (χ0) is 17.0. The summed E-state index contributed by atoms with van der Waals surface area (Å²) in [4.78, 5) is 0.179. The second kappa shape index (κ2) is 6.91. The zero-order valence-electron chi connectivity index (χ0n) is 13.7. The maximum Gasteiger partial charge on any atom is 0.261 e. The van der Waals surface area contributed by atoms with Gasteiger partial charge >= 0.3 is 0 Å². The Labute approximate surface area is 137 Å². The Bertz CT molecular complexity index is 768. The maximum atomic E-state index is 12.4. The number of benzene rings is 2. The molecule has 0 heterocycles. The first kappa shape index (κ1) is 17.1. The van der Waals surface area contributed by atoms with Crippen LogP contribution in [0.3, 0.4) is 0 Å². The molecule has 0 spiro atoms. The van der Waals surface area contributed by atoms with Gasteiger partial charge in [0.25, 0.3) is 10.0 Å². The van der Waals surface area contributed by atoms with Gasteiger partial charge in [-0.2, -0.15) is 0 Å². The van der Waals surface area contributed by atoms with Crippen molar-refractivity contribution in [1.82, 2.24) is 0 Å². The fraction of sp³-hybridized carbons (Fsp3) is 0.294. The minimum Gasteiger partial charge on any atom is -0.497 e. The molecule has 0 unspecified atom stereocenters. The van der Waals surface area contributed by atoms with Crippen LogP contribution in [0.1, 0.15) is 19.4 Å². The summed E-state index contributed by atoms with van der Waals surface area (Å²) in [6.45, 7) is 5.77. The highest BCUT2D eigenvalue weighted by molar-refractivity contribution is 7.92. The Morgan fingerprint density at radius 1 is 1.04 bits per heavy atom. The zero-order valence-corrected chi connectivity index (χ0v) is 14.5. The summed E-state index contributed by atoms with van der Waals surface area (Å²) in [5.74, 6) is 1.35. The van der Waals surface area contributed by atoms with Crippen LogP contribution in [0.15, 0.2) is 47.4 Å². The summed E-state index contributed by atoms with van der Waals surface area (Å²) in [5.41, 5.74) is 1.36. The first-order valence-corrected chi connectivity index (χ1v) is 8.74. The maximum absolute atomic E-state index is 12.4. The second-order valence-electron chi connectivity index (χ2n) is 5.43. The number of hydrogen-bond donors (Lipinski definition) is 1. The molecule has 0 atom stereocenters. The highest BCUT2D eigenvalue weighted by atomic mass is 32.2. The molecule has 0 bridgehead atoms. The molecule has 0 radical (unpaired) electrons. The van der Waals surface area contributed by atoms with Gasteiger partial charge in [0.2, 0.25) is 0 Å². The van der Waals surface area contributed by atoms with Crippen molar-refractivity contribution in [2.24, 2.45) is 0 Å². The number of methoxy groups -OCH3 is 1. The van der Waals surface area contributed by atoms with Gasteiger partial charge < -0.3 is 9.47 Å². The van der Waals surface area contributed by atoms with Crippen LogP contribution in [0.25, 0.3) is 0 Å². The topological polar surface area (TPSA) is 64.6 Å². The number of nitrogens with one attached hydrogen (secondary N) is 1. The van der Waals surface area contributed by atoms with Crippen molar-refractivity contribution in [2.75, 3.05) is 11.8 Å². The molecule has 1 N–H and O–H groups in total. The van der Waals surface area contributed by atoms with Crippen LogP contribution >= 0.6 is 0 Å². The molecule has 2 aromatic carbocycles. The van der Waals surface area contributed by atoms with Crippen LogP contribution < -0.4 is 14.2 Å². The van der Waals surface area contributed by atoms with Crippen LogP contribution in [0.5, 0.6) is 11.5 Å². The van der Waals surface area contributed by atoms with Crippen LogP contribution in [0, 0.1) is 6.92 Å². The molecule has 0 amide bonds. The van der Waals surface area contributed by atoms with Gasteiger partial charge in [0, 0.05) is 5.69 Å². The predicted molar refractivity (Wildman–Crippen MR) is 90.7 cm³/mol. The van der Waals surface area contributed by atoms with Crippen LogP contribution in [0.4, 0.5) is 5.69 Å². The van der Waals surface area contributed by atoms with Crippen molar-refractivity contribution in [2.45, 2.75) is 31.8 Å². The number of hydrogen-bond acceptors (Lipinski definition) is 4. The molecule has 0 aliphatic heterocycles. The average molecular weight is 335 g/mol. The van der Waals surface area contributed by atoms with E-state index in [0.29, 0.717) is 11.4 Å². The fourth-order valence-electron chi connectivity index (χ4n) is 2.07. The summed E-state index contributed by atoms with van der Waals surface area (Å²) in [5, 5.41) is 0. The monoisotopic (exact) mass is 335 g/mol. The van der Waals surface area contributed by atoms with E-state index in [1.54, 1.807) is 30.3 Å². The molecule has 0 fully saturated rings. The first-order valence-electron chi connectivity index (χ1n) is 7.26. The number of sulfonamides is 1. The lowest BCUT2D eigenvalue weighted by Gasteiger charge is -2.14. The smallest absolute Gasteiger partial charge is 0.261 e. The third kappa shape index (κ3) is 4.39. The van der Waals surface area contributed by atoms with Gasteiger partial charge in [0.05, 0.1) is 18.1 Å². The average Bonchev–Trinajstić information content (AvgIpc) is 2.49. The SMILES string of the molecule is COc1ccc(S(=O)(=O)Nc2ccc(OC(C)C)c(C)c2)cc1. The number of aryl methyl sites for hydroxylation is 1. The van der Waals surface area contributed by atoms with Crippen LogP contribution in [-0.4, -0.2) is 21.6 Å². The molecule has 5 nitrogen and oxygen atoms in total. The Morgan fingerprint density at radius 2 is 1.70 bits per heavy atom. The van der Waals surface area contributed by atoms with Gasteiger partial charge in [-0.25, -0.2) is 8.42 Å². The van der Waals surface area contributed by atoms with E-state index in [4.69, 9.17) is 9.47 Å². The van der Waals surface area contributed by atoms with Gasteiger partial charge in [0.15, 0.2) is 0 Å². The van der Waals surface area contributed by atoms with E-state index < -0.39 is 10.0 Å². The van der Waals surface area contributed by atoms with E-state index in [0.717, 1.165) is 11.3 Å². The van der Waals surface area contributed by atoms with Gasteiger partial charge in [-0.3, -0.25) is 4.72 Å². The second-order valence-corrected chi connectivity index (χ2v) is 7.11. The number of ether oxygens (including phenoxy) is 2. The Hall–Kier alpha value is -2.21. The molecular weight excluding hydrogens is 314 g/mol. The van der Waals surface area contributed by atoms with Crippen molar-refractivity contribution in [3.05, 3.63) is 48.0 Å². The fourth-order valence-corrected chi connectivity index (χ4v) is 3.12. The highest BCUT2D eigenvalue weighted by Crippen LogP contribution is 2.25. The van der Waals surface area contributed by atoms with Crippen molar-refractivity contribution in [3.63, 3.8) is 0 Å². The summed E-state index contributed by atoms with van der Waals surface area (Å²) >= 11 is 0. The summed E-state index contributed by atoms with van der Waals surface area (Å²) in [6, 6.07) is 11.4. The summed E-state index contributed by atoms with van der Waals surface area (Å²) in [7, 11) is -2.10. The van der Waals surface area contributed by atoms with Gasteiger partial charge in [-0.1, -0.05) is 0 Å². The molecule has 124 valence electrons. The molecule has 0 aliphatic carbocycles. The Morgan fingerprint density at radius 3 is 2.22 bits per heavy atom. The summed E-state index contributed by atoms with van der Waals surface area (Å²) in [6.07, 6.45) is 0.0653. The molecule has 0 aliphatic rings. The number of rotatable bonds is 6. The largest absolute Gasteiger partial charge is 0.497 e. The standard InChI is InChI=1S/C17H21NO4S/c1-12(2)22-17-10-5-14(11-13(17)3)18-23(19,20)16-8-6-15(21-4)7-9-16/h5-12,18H,1-4H3. The van der Waals surface area contributed by atoms with E-state index in [1.165, 1.54) is 19.2 Å². The third-order valence-corrected chi connectivity index (χ3v) is 4.56. The third-order valence-electron chi connectivity index (χ3n) is 3.16. The molecule has 6 heteroatoms. The Balaban J connectivity index is 2.21. The molecule has 2 aromatic rings. The molecule has 0 saturated carbocycles. The van der Waals surface area contributed by atoms with E-state index in [9.17, 15) is 8.42 Å². The van der Waals surface area contributed by atoms with Crippen LogP contribution in [-0.2, 0) is 10.0 Å². The minimum absolute atomic E-state index is 0.0653. The lowest BCUT2D eigenvalue weighted by Crippen LogP contribution is -2.13. The quantitative estimate of drug-likeness (QED) is 0.876. The molecule has 0 saturated heterocycles. The molecule has 23 heavy (non-hydrogen) atoms. The van der Waals surface area contributed by atoms with Gasteiger partial charge in [0.1, 0.15) is 11.5 Å². The predicted octanol–water partition coefficient (Wildman–Crippen LogP) is 3.59. The lowest BCUT2D eigenvalue weighted by molar-refractivity contribution is 0.241. The summed E-state index contributed by atoms with van der Waals surface area (Å²) < 4.78 is 38.0. The van der Waals surface area contributed by atoms with Crippen LogP contribution in [0.2, 0.25) is 0 Å². The van der Waals surface area contributed by atoms with E-state index >= 15 is 0 Å². The van der Waals surface area contributed by atoms with E-state index in [-0.39, 0.29) is 11.0 Å². The molecule has 0 aromatic heterocycles. The minimum atomic E-state index is -3.64. The lowest BCUT2D eigenvalue weighted by atomic mass is 10.2. The highest BCUT2D eigenvalue weighted by Gasteiger charge is 2.15. The van der Waals surface area contributed by atoms with E-state index in [1.807, 2.05) is 20.8 Å². The normalized spacial score (nSPS) is 11.3. The van der Waals surface area contributed by atoms with Gasteiger partial charge in [-0.15, -0.1) is 0 Å². The molecular formula is C17H21NO4S.